The molecule has 0 atom stereocenters. The van der Waals surface area contributed by atoms with Gasteiger partial charge in [-0.2, -0.15) is 0 Å². The number of aliphatic carboxylic acids is 1. The zero-order valence-corrected chi connectivity index (χ0v) is 14.6. The molecular weight excluding hydrogens is 364 g/mol. The molecule has 0 saturated carbocycles. The first-order valence-corrected chi connectivity index (χ1v) is 8.43. The van der Waals surface area contributed by atoms with Crippen LogP contribution in [-0.4, -0.2) is 37.7 Å². The summed E-state index contributed by atoms with van der Waals surface area (Å²) in [7, 11) is 0. The highest BCUT2D eigenvalue weighted by atomic mass is 32.2. The second-order valence-corrected chi connectivity index (χ2v) is 6.81. The van der Waals surface area contributed by atoms with Crippen molar-refractivity contribution >= 4 is 51.4 Å². The van der Waals surface area contributed by atoms with Crippen LogP contribution < -0.4 is 0 Å². The Balaban J connectivity index is 2.18. The van der Waals surface area contributed by atoms with Crippen LogP contribution in [0.1, 0.15) is 18.4 Å². The standard InChI is InChI=1S/C16H14N2O5S2/c1-10(11-5-2-3-6-12(11)18(22)23)9-13-15(21)17(16(24)25-13)8-4-7-14(19)20/h2-3,5-6,9H,1,4,7-8H2,(H,19,20). The van der Waals surface area contributed by atoms with Crippen molar-refractivity contribution in [2.24, 2.45) is 0 Å². The van der Waals surface area contributed by atoms with E-state index in [2.05, 4.69) is 6.58 Å². The van der Waals surface area contributed by atoms with Gasteiger partial charge >= 0.3 is 5.97 Å². The SMILES string of the molecule is C=C(C=C1SC(=S)N(CCCC(=O)O)C1=O)c1ccccc1[N+](=O)[O-]. The minimum Gasteiger partial charge on any atom is -0.481 e. The number of para-hydroxylation sites is 1. The first-order chi connectivity index (χ1) is 11.8. The molecule has 1 saturated heterocycles. The summed E-state index contributed by atoms with van der Waals surface area (Å²) in [6.07, 6.45) is 1.71. The van der Waals surface area contributed by atoms with E-state index in [0.29, 0.717) is 26.8 Å². The molecule has 25 heavy (non-hydrogen) atoms. The van der Waals surface area contributed by atoms with E-state index in [9.17, 15) is 19.7 Å². The maximum absolute atomic E-state index is 12.4. The van der Waals surface area contributed by atoms with Crippen molar-refractivity contribution in [2.45, 2.75) is 12.8 Å². The van der Waals surface area contributed by atoms with Gasteiger partial charge < -0.3 is 5.11 Å². The number of carboxylic acids is 1. The number of amides is 1. The second kappa shape index (κ2) is 8.04. The molecule has 1 N–H and O–H groups in total. The lowest BCUT2D eigenvalue weighted by Crippen LogP contribution is -2.29. The Morgan fingerprint density at radius 2 is 2.12 bits per heavy atom. The van der Waals surface area contributed by atoms with Gasteiger partial charge in [-0.3, -0.25) is 24.6 Å². The smallest absolute Gasteiger partial charge is 0.303 e. The van der Waals surface area contributed by atoms with Crippen molar-refractivity contribution in [3.63, 3.8) is 0 Å². The quantitative estimate of drug-likeness (QED) is 0.336. The van der Waals surface area contributed by atoms with Gasteiger partial charge in [0.05, 0.1) is 15.4 Å². The number of nitro benzene ring substituents is 1. The van der Waals surface area contributed by atoms with Crippen molar-refractivity contribution < 1.29 is 19.6 Å². The van der Waals surface area contributed by atoms with E-state index in [1.165, 1.54) is 17.0 Å². The first kappa shape index (κ1) is 18.8. The summed E-state index contributed by atoms with van der Waals surface area (Å²) in [6, 6.07) is 6.13. The third kappa shape index (κ3) is 4.52. The minimum atomic E-state index is -0.939. The van der Waals surface area contributed by atoms with Crippen LogP contribution in [-0.2, 0) is 9.59 Å². The molecule has 1 aliphatic heterocycles. The lowest BCUT2D eigenvalue weighted by atomic mass is 10.0. The molecule has 0 unspecified atom stereocenters. The summed E-state index contributed by atoms with van der Waals surface area (Å²) in [6.45, 7) is 4.03. The maximum atomic E-state index is 12.4. The number of hydrogen-bond donors (Lipinski definition) is 1. The molecule has 1 heterocycles. The summed E-state index contributed by atoms with van der Waals surface area (Å²) in [4.78, 5) is 35.2. The normalized spacial score (nSPS) is 15.7. The first-order valence-electron chi connectivity index (χ1n) is 7.21. The molecular formula is C16H14N2O5S2. The Hall–Kier alpha value is -2.52. The van der Waals surface area contributed by atoms with Crippen LogP contribution >= 0.6 is 24.0 Å². The molecule has 1 aliphatic rings. The Morgan fingerprint density at radius 3 is 2.76 bits per heavy atom. The fourth-order valence-corrected chi connectivity index (χ4v) is 3.54. The third-order valence-electron chi connectivity index (χ3n) is 3.40. The number of benzene rings is 1. The number of hydrogen-bond acceptors (Lipinski definition) is 6. The van der Waals surface area contributed by atoms with E-state index in [-0.39, 0.29) is 24.6 Å². The molecule has 1 amide bonds. The van der Waals surface area contributed by atoms with E-state index in [4.69, 9.17) is 17.3 Å². The topological polar surface area (TPSA) is 101 Å². The summed E-state index contributed by atoms with van der Waals surface area (Å²) >= 11 is 6.22. The highest BCUT2D eigenvalue weighted by Crippen LogP contribution is 2.34. The molecule has 0 aromatic heterocycles. The van der Waals surface area contributed by atoms with E-state index in [1.54, 1.807) is 18.2 Å². The second-order valence-electron chi connectivity index (χ2n) is 5.13. The molecule has 0 aliphatic carbocycles. The highest BCUT2D eigenvalue weighted by Gasteiger charge is 2.32. The number of allylic oxidation sites excluding steroid dienone is 2. The molecule has 1 fully saturated rings. The number of carbonyl (C=O) groups excluding carboxylic acids is 1. The van der Waals surface area contributed by atoms with Crippen LogP contribution in [0.4, 0.5) is 5.69 Å². The van der Waals surface area contributed by atoms with Crippen LogP contribution in [0.2, 0.25) is 0 Å². The molecule has 0 radical (unpaired) electrons. The molecule has 1 aromatic carbocycles. The summed E-state index contributed by atoms with van der Waals surface area (Å²) in [5.74, 6) is -1.29. The van der Waals surface area contributed by atoms with E-state index in [0.717, 1.165) is 11.8 Å². The molecule has 1 aromatic rings. The van der Waals surface area contributed by atoms with Gasteiger partial charge in [-0.15, -0.1) is 0 Å². The van der Waals surface area contributed by atoms with Crippen LogP contribution in [0.15, 0.2) is 41.8 Å². The number of thiocarbonyl (C=S) groups is 1. The minimum absolute atomic E-state index is 0.0565. The monoisotopic (exact) mass is 378 g/mol. The maximum Gasteiger partial charge on any atom is 0.303 e. The predicted molar refractivity (Wildman–Crippen MR) is 99.0 cm³/mol. The summed E-state index contributed by atoms with van der Waals surface area (Å²) in [5.41, 5.74) is 0.558. The highest BCUT2D eigenvalue weighted by molar-refractivity contribution is 8.26. The number of nitro groups is 1. The van der Waals surface area contributed by atoms with Crippen LogP contribution in [0.5, 0.6) is 0 Å². The molecule has 7 nitrogen and oxygen atoms in total. The van der Waals surface area contributed by atoms with Gasteiger partial charge in [0.2, 0.25) is 0 Å². The Kier molecular flexibility index (Phi) is 6.05. The van der Waals surface area contributed by atoms with Gasteiger partial charge in [0.15, 0.2) is 0 Å². The van der Waals surface area contributed by atoms with Crippen LogP contribution in [0.3, 0.4) is 0 Å². The predicted octanol–water partition coefficient (Wildman–Crippen LogP) is 3.22. The average Bonchev–Trinajstić information content (AvgIpc) is 2.81. The van der Waals surface area contributed by atoms with Gasteiger partial charge in [-0.05, 0) is 24.1 Å². The van der Waals surface area contributed by atoms with Crippen molar-refractivity contribution in [1.82, 2.24) is 4.90 Å². The number of rotatable bonds is 7. The molecule has 0 bridgehead atoms. The summed E-state index contributed by atoms with van der Waals surface area (Å²) in [5, 5.41) is 19.8. The molecule has 0 spiro atoms. The Bertz CT molecular complexity index is 803. The van der Waals surface area contributed by atoms with Crippen molar-refractivity contribution in [2.75, 3.05) is 6.54 Å². The van der Waals surface area contributed by atoms with Crippen molar-refractivity contribution in [3.8, 4) is 0 Å². The van der Waals surface area contributed by atoms with Crippen LogP contribution in [0.25, 0.3) is 5.57 Å². The van der Waals surface area contributed by atoms with Crippen molar-refractivity contribution in [1.29, 1.82) is 0 Å². The molecule has 9 heteroatoms. The zero-order valence-electron chi connectivity index (χ0n) is 13.0. The fraction of sp³-hybridized carbons (Fsp3) is 0.188. The zero-order chi connectivity index (χ0) is 18.6. The molecule has 2 rings (SSSR count). The summed E-state index contributed by atoms with van der Waals surface area (Å²) < 4.78 is 0.331. The largest absolute Gasteiger partial charge is 0.481 e. The number of carbonyl (C=O) groups is 2. The number of thioether (sulfide) groups is 1. The van der Waals surface area contributed by atoms with Gasteiger partial charge in [0.25, 0.3) is 11.6 Å². The third-order valence-corrected chi connectivity index (χ3v) is 4.78. The number of nitrogens with zero attached hydrogens (tertiary/aromatic N) is 2. The van der Waals surface area contributed by atoms with E-state index < -0.39 is 10.9 Å². The number of carboxylic acid groups (broad SMARTS) is 1. The fourth-order valence-electron chi connectivity index (χ4n) is 2.22. The van der Waals surface area contributed by atoms with E-state index >= 15 is 0 Å². The van der Waals surface area contributed by atoms with E-state index in [1.807, 2.05) is 0 Å². The Morgan fingerprint density at radius 1 is 1.44 bits per heavy atom. The lowest BCUT2D eigenvalue weighted by Gasteiger charge is -2.13. The van der Waals surface area contributed by atoms with Gasteiger partial charge in [-0.1, -0.05) is 42.7 Å². The average molecular weight is 378 g/mol. The van der Waals surface area contributed by atoms with Gasteiger partial charge in [-0.25, -0.2) is 0 Å². The van der Waals surface area contributed by atoms with Crippen LogP contribution in [0, 0.1) is 10.1 Å². The lowest BCUT2D eigenvalue weighted by molar-refractivity contribution is -0.385. The Labute approximate surface area is 153 Å². The van der Waals surface area contributed by atoms with Gasteiger partial charge in [0, 0.05) is 19.0 Å². The van der Waals surface area contributed by atoms with Gasteiger partial charge in [0.1, 0.15) is 4.32 Å². The van der Waals surface area contributed by atoms with Crippen molar-refractivity contribution in [3.05, 3.63) is 57.5 Å². The molecule has 130 valence electrons.